The number of fused-ring (bicyclic) bond motifs is 1. The van der Waals surface area contributed by atoms with Crippen molar-refractivity contribution in [2.24, 2.45) is 5.92 Å². The van der Waals surface area contributed by atoms with Crippen LogP contribution in [0.5, 0.6) is 5.88 Å². The molecule has 0 spiro atoms. The maximum Gasteiger partial charge on any atom is 0.271 e. The lowest BCUT2D eigenvalue weighted by atomic mass is 10.0. The molecular weight excluding hydrogens is 440 g/mol. The predicted molar refractivity (Wildman–Crippen MR) is 133 cm³/mol. The average Bonchev–Trinajstić information content (AvgIpc) is 3.58. The maximum atomic E-state index is 12.5. The number of nitrogens with zero attached hydrogens (tertiary/aromatic N) is 4. The minimum absolute atomic E-state index is 0.283. The zero-order valence-electron chi connectivity index (χ0n) is 19.7. The van der Waals surface area contributed by atoms with Crippen LogP contribution >= 0.6 is 0 Å². The summed E-state index contributed by atoms with van der Waals surface area (Å²) in [5.41, 5.74) is 5.73. The molecule has 1 atom stereocenters. The number of nitrogens with one attached hydrogen (secondary N) is 2. The maximum absolute atomic E-state index is 12.5. The summed E-state index contributed by atoms with van der Waals surface area (Å²) in [5.74, 6) is 0.483. The fourth-order valence-corrected chi connectivity index (χ4v) is 4.30. The Morgan fingerprint density at radius 2 is 1.91 bits per heavy atom. The molecular formula is C27H26N6O2. The lowest BCUT2D eigenvalue weighted by molar-refractivity contribution is 0.0959. The topological polar surface area (TPSA) is 104 Å². The largest absolute Gasteiger partial charge is 0.475 e. The van der Waals surface area contributed by atoms with Gasteiger partial charge in [-0.2, -0.15) is 5.26 Å². The molecule has 0 aliphatic carbocycles. The van der Waals surface area contributed by atoms with E-state index in [9.17, 15) is 10.1 Å². The summed E-state index contributed by atoms with van der Waals surface area (Å²) in [6.07, 6.45) is 2.76. The van der Waals surface area contributed by atoms with Crippen molar-refractivity contribution in [1.82, 2.24) is 25.0 Å². The van der Waals surface area contributed by atoms with Crippen molar-refractivity contribution >= 4 is 11.6 Å². The van der Waals surface area contributed by atoms with E-state index in [0.717, 1.165) is 41.9 Å². The number of rotatable bonds is 6. The van der Waals surface area contributed by atoms with Crippen molar-refractivity contribution in [2.45, 2.75) is 13.3 Å². The van der Waals surface area contributed by atoms with Crippen molar-refractivity contribution in [1.29, 1.82) is 5.26 Å². The monoisotopic (exact) mass is 466 g/mol. The van der Waals surface area contributed by atoms with Crippen LogP contribution in [0.4, 0.5) is 0 Å². The van der Waals surface area contributed by atoms with Gasteiger partial charge in [0.25, 0.3) is 11.8 Å². The van der Waals surface area contributed by atoms with Crippen LogP contribution in [-0.2, 0) is 0 Å². The Hall–Kier alpha value is -4.22. The summed E-state index contributed by atoms with van der Waals surface area (Å²) in [6, 6.07) is 17.6. The lowest BCUT2D eigenvalue weighted by Crippen LogP contribution is -2.18. The Morgan fingerprint density at radius 3 is 2.57 bits per heavy atom. The second-order valence-electron chi connectivity index (χ2n) is 8.74. The molecule has 1 fully saturated rings. The number of carbonyl (C=O) groups is 1. The van der Waals surface area contributed by atoms with Crippen LogP contribution in [0.1, 0.15) is 28.0 Å². The van der Waals surface area contributed by atoms with E-state index >= 15 is 0 Å². The van der Waals surface area contributed by atoms with Gasteiger partial charge in [0.2, 0.25) is 5.65 Å². The Morgan fingerprint density at radius 1 is 1.17 bits per heavy atom. The van der Waals surface area contributed by atoms with Gasteiger partial charge in [0.05, 0.1) is 29.6 Å². The summed E-state index contributed by atoms with van der Waals surface area (Å²) in [5, 5.41) is 15.3. The van der Waals surface area contributed by atoms with E-state index in [2.05, 4.69) is 21.7 Å². The third-order valence-electron chi connectivity index (χ3n) is 6.27. The second-order valence-corrected chi connectivity index (χ2v) is 8.74. The molecule has 1 aliphatic heterocycles. The van der Waals surface area contributed by atoms with E-state index in [1.54, 1.807) is 25.4 Å². The van der Waals surface area contributed by atoms with Gasteiger partial charge in [0.1, 0.15) is 5.69 Å². The highest BCUT2D eigenvalue weighted by molar-refractivity contribution is 5.93. The van der Waals surface area contributed by atoms with Crippen LogP contribution in [-0.4, -0.2) is 47.0 Å². The van der Waals surface area contributed by atoms with E-state index in [1.165, 1.54) is 0 Å². The van der Waals surface area contributed by atoms with E-state index in [1.807, 2.05) is 47.7 Å². The van der Waals surface area contributed by atoms with Gasteiger partial charge in [0.15, 0.2) is 0 Å². The summed E-state index contributed by atoms with van der Waals surface area (Å²) in [7, 11) is 1.58. The summed E-state index contributed by atoms with van der Waals surface area (Å²) in [4.78, 5) is 22.0. The fraction of sp³-hybridized carbons (Fsp3) is 0.259. The Kier molecular flexibility index (Phi) is 6.17. The molecule has 8 nitrogen and oxygen atoms in total. The number of aryl methyl sites for hydroxylation is 1. The van der Waals surface area contributed by atoms with Gasteiger partial charge in [-0.05, 0) is 32.0 Å². The first kappa shape index (κ1) is 22.6. The van der Waals surface area contributed by atoms with Gasteiger partial charge in [-0.3, -0.25) is 9.20 Å². The zero-order valence-corrected chi connectivity index (χ0v) is 19.7. The molecule has 0 radical (unpaired) electrons. The average molecular weight is 467 g/mol. The minimum atomic E-state index is -0.283. The summed E-state index contributed by atoms with van der Waals surface area (Å²) in [6.45, 7) is 4.42. The van der Waals surface area contributed by atoms with Crippen LogP contribution < -0.4 is 15.4 Å². The first-order valence-electron chi connectivity index (χ1n) is 11.6. The molecule has 1 aliphatic rings. The number of ether oxygens (including phenoxy) is 1. The number of hydrogen-bond acceptors (Lipinski definition) is 6. The molecule has 2 aromatic carbocycles. The molecule has 4 aromatic rings. The quantitative estimate of drug-likeness (QED) is 0.450. The van der Waals surface area contributed by atoms with Crippen molar-refractivity contribution in [3.8, 4) is 34.5 Å². The van der Waals surface area contributed by atoms with Crippen LogP contribution in [0, 0.1) is 24.2 Å². The second kappa shape index (κ2) is 9.57. The minimum Gasteiger partial charge on any atom is -0.475 e. The third-order valence-corrected chi connectivity index (χ3v) is 6.27. The molecule has 2 N–H and O–H groups in total. The Labute approximate surface area is 203 Å². The highest BCUT2D eigenvalue weighted by Crippen LogP contribution is 2.35. The van der Waals surface area contributed by atoms with E-state index in [-0.39, 0.29) is 11.6 Å². The van der Waals surface area contributed by atoms with Crippen molar-refractivity contribution in [2.75, 3.05) is 26.7 Å². The first-order chi connectivity index (χ1) is 17.1. The normalized spacial score (nSPS) is 15.2. The van der Waals surface area contributed by atoms with Crippen LogP contribution in [0.15, 0.2) is 54.7 Å². The van der Waals surface area contributed by atoms with E-state index in [0.29, 0.717) is 35.3 Å². The van der Waals surface area contributed by atoms with Crippen molar-refractivity contribution < 1.29 is 9.53 Å². The van der Waals surface area contributed by atoms with Crippen molar-refractivity contribution in [3.63, 3.8) is 0 Å². The number of amides is 1. The van der Waals surface area contributed by atoms with Gasteiger partial charge in [0, 0.05) is 36.8 Å². The summed E-state index contributed by atoms with van der Waals surface area (Å²) >= 11 is 0. The molecule has 0 bridgehead atoms. The fourth-order valence-electron chi connectivity index (χ4n) is 4.30. The van der Waals surface area contributed by atoms with Gasteiger partial charge in [-0.15, -0.1) is 0 Å². The Bertz CT molecular complexity index is 1410. The van der Waals surface area contributed by atoms with Crippen LogP contribution in [0.3, 0.4) is 0 Å². The lowest BCUT2D eigenvalue weighted by Gasteiger charge is -2.17. The highest BCUT2D eigenvalue weighted by atomic mass is 16.5. The number of carbonyl (C=O) groups excluding carboxylic acids is 1. The third kappa shape index (κ3) is 4.46. The molecule has 1 saturated heterocycles. The standard InChI is InChI=1S/C27H26N6O2/c1-17-3-7-21(8-4-17)24-23(20-9-5-18(13-28)6-10-20)32-27(35-16-19-11-12-30-14-19)25-31-22(15-33(24)25)26(34)29-2/h3-10,15,19,30H,11-12,14,16H2,1-2H3,(H,29,34)/t19-/m1/s1. The number of hydrogen-bond donors (Lipinski definition) is 2. The molecule has 1 amide bonds. The Balaban J connectivity index is 1.74. The molecule has 35 heavy (non-hydrogen) atoms. The SMILES string of the molecule is CNC(=O)c1cn2c(-c3ccc(C)cc3)c(-c3ccc(C#N)cc3)nc(OC[C@@H]3CCNC3)c2n1. The summed E-state index contributed by atoms with van der Waals surface area (Å²) < 4.78 is 8.12. The zero-order chi connectivity index (χ0) is 24.4. The number of aromatic nitrogens is 3. The number of nitriles is 1. The smallest absolute Gasteiger partial charge is 0.271 e. The van der Waals surface area contributed by atoms with Gasteiger partial charge >= 0.3 is 0 Å². The van der Waals surface area contributed by atoms with Crippen LogP contribution in [0.2, 0.25) is 0 Å². The van der Waals surface area contributed by atoms with E-state index < -0.39 is 0 Å². The highest BCUT2D eigenvalue weighted by Gasteiger charge is 2.23. The molecule has 176 valence electrons. The van der Waals surface area contributed by atoms with Gasteiger partial charge < -0.3 is 15.4 Å². The number of benzene rings is 2. The van der Waals surface area contributed by atoms with E-state index in [4.69, 9.17) is 9.72 Å². The first-order valence-corrected chi connectivity index (χ1v) is 11.6. The molecule has 3 heterocycles. The van der Waals surface area contributed by atoms with Crippen LogP contribution in [0.25, 0.3) is 28.2 Å². The molecule has 2 aromatic heterocycles. The molecule has 5 rings (SSSR count). The van der Waals surface area contributed by atoms with Crippen molar-refractivity contribution in [3.05, 3.63) is 71.5 Å². The van der Waals surface area contributed by atoms with Gasteiger partial charge in [-0.25, -0.2) is 9.97 Å². The predicted octanol–water partition coefficient (Wildman–Crippen LogP) is 3.59. The molecule has 0 saturated carbocycles. The van der Waals surface area contributed by atoms with Gasteiger partial charge in [-0.1, -0.05) is 42.0 Å². The molecule has 0 unspecified atom stereocenters. The number of imidazole rings is 1. The molecule has 8 heteroatoms.